The molecule has 1 atom stereocenters. The van der Waals surface area contributed by atoms with E-state index in [0.29, 0.717) is 37.0 Å². The number of methoxy groups -OCH3 is 1. The number of halogens is 2. The van der Waals surface area contributed by atoms with E-state index >= 15 is 0 Å². The van der Waals surface area contributed by atoms with Crippen LogP contribution in [-0.4, -0.2) is 60.4 Å². The van der Waals surface area contributed by atoms with Crippen LogP contribution in [0.5, 0.6) is 5.75 Å². The van der Waals surface area contributed by atoms with E-state index in [2.05, 4.69) is 22.5 Å². The average Bonchev–Trinajstić information content (AvgIpc) is 3.15. The third kappa shape index (κ3) is 10.4. The second-order valence-electron chi connectivity index (χ2n) is 9.48. The summed E-state index contributed by atoms with van der Waals surface area (Å²) in [4.78, 5) is 22.6. The highest BCUT2D eigenvalue weighted by molar-refractivity contribution is 6.30. The molecular weight excluding hydrogens is 517 g/mol. The van der Waals surface area contributed by atoms with Crippen molar-refractivity contribution in [3.8, 4) is 17.6 Å². The fourth-order valence-electron chi connectivity index (χ4n) is 3.91. The van der Waals surface area contributed by atoms with Crippen molar-refractivity contribution in [1.29, 1.82) is 0 Å². The third-order valence-electron chi connectivity index (χ3n) is 6.43. The molecule has 0 bridgehead atoms. The quantitative estimate of drug-likeness (QED) is 0.180. The van der Waals surface area contributed by atoms with Gasteiger partial charge in [0.25, 0.3) is 0 Å². The van der Waals surface area contributed by atoms with Crippen molar-refractivity contribution in [3.05, 3.63) is 40.7 Å². The van der Waals surface area contributed by atoms with Crippen molar-refractivity contribution < 1.29 is 24.2 Å². The number of ether oxygens (including phenoxy) is 2. The summed E-state index contributed by atoms with van der Waals surface area (Å²) in [5.41, 5.74) is 0.969. The summed E-state index contributed by atoms with van der Waals surface area (Å²) in [6.45, 7) is 7.67. The number of carboxylic acid groups (broad SMARTS) is 1. The highest BCUT2D eigenvalue weighted by atomic mass is 35.5. The van der Waals surface area contributed by atoms with E-state index < -0.39 is 11.6 Å². The van der Waals surface area contributed by atoms with E-state index in [9.17, 15) is 9.59 Å². The fraction of sp³-hybridized carbons (Fsp3) is 0.556. The molecule has 1 unspecified atom stereocenters. The summed E-state index contributed by atoms with van der Waals surface area (Å²) in [6.07, 6.45) is 4.03. The number of amides is 1. The number of benzene rings is 1. The molecule has 0 spiro atoms. The second kappa shape index (κ2) is 15.0. The first-order valence-electron chi connectivity index (χ1n) is 12.3. The Hall–Kier alpha value is -2.60. The number of aliphatic carboxylic acids is 1. The Morgan fingerprint density at radius 3 is 2.49 bits per heavy atom. The van der Waals surface area contributed by atoms with Gasteiger partial charge < -0.3 is 30.1 Å². The van der Waals surface area contributed by atoms with Crippen LogP contribution < -0.4 is 15.4 Å². The average molecular weight is 555 g/mol. The van der Waals surface area contributed by atoms with Crippen molar-refractivity contribution in [1.82, 2.24) is 15.5 Å². The number of carbonyl (C=O) groups is 2. The van der Waals surface area contributed by atoms with Gasteiger partial charge in [-0.3, -0.25) is 9.59 Å². The number of hydrogen-bond donors (Lipinski definition) is 3. The fourth-order valence-corrected chi connectivity index (χ4v) is 4.39. The molecule has 2 aliphatic rings. The zero-order valence-corrected chi connectivity index (χ0v) is 23.4. The molecule has 1 fully saturated rings. The number of allylic oxidation sites excluding steroid dienone is 2. The normalized spacial score (nSPS) is 21.1. The second-order valence-corrected chi connectivity index (χ2v) is 10.3. The van der Waals surface area contributed by atoms with E-state index in [0.717, 1.165) is 42.8 Å². The van der Waals surface area contributed by atoms with Crippen molar-refractivity contribution in [3.63, 3.8) is 0 Å². The van der Waals surface area contributed by atoms with Gasteiger partial charge in [0, 0.05) is 24.4 Å². The first-order valence-corrected chi connectivity index (χ1v) is 13.1. The summed E-state index contributed by atoms with van der Waals surface area (Å²) >= 11 is 12.2. The maximum absolute atomic E-state index is 10.6. The van der Waals surface area contributed by atoms with Gasteiger partial charge in [-0.15, -0.1) is 0 Å². The third-order valence-corrected chi connectivity index (χ3v) is 7.03. The highest BCUT2D eigenvalue weighted by Crippen LogP contribution is 2.28. The maximum atomic E-state index is 10.6. The summed E-state index contributed by atoms with van der Waals surface area (Å²) in [5, 5.41) is 15.2. The van der Waals surface area contributed by atoms with Crippen LogP contribution >= 0.6 is 23.2 Å². The number of nitrogens with zero attached hydrogens (tertiary/aromatic N) is 1. The van der Waals surface area contributed by atoms with Gasteiger partial charge in [-0.25, -0.2) is 0 Å². The minimum Gasteiger partial charge on any atom is -0.492 e. The SMILES string of the molecule is COC(C)(C)C#CC1=C(C)N(CCOc2ccc(Cl)cc2)C(Cl)N1.O=CNCC1CCC(C(=O)O)CC1. The molecule has 0 saturated heterocycles. The van der Waals surface area contributed by atoms with Crippen molar-refractivity contribution >= 4 is 35.6 Å². The Balaban J connectivity index is 0.000000312. The molecule has 1 saturated carbocycles. The molecule has 204 valence electrons. The lowest BCUT2D eigenvalue weighted by Gasteiger charge is -2.25. The van der Waals surface area contributed by atoms with Crippen LogP contribution in [-0.2, 0) is 14.3 Å². The summed E-state index contributed by atoms with van der Waals surface area (Å²) in [5.74, 6) is 6.61. The Morgan fingerprint density at radius 2 is 1.92 bits per heavy atom. The van der Waals surface area contributed by atoms with Gasteiger partial charge in [-0.1, -0.05) is 29.1 Å². The first-order chi connectivity index (χ1) is 17.6. The lowest BCUT2D eigenvalue weighted by molar-refractivity contribution is -0.143. The van der Waals surface area contributed by atoms with E-state index in [1.165, 1.54) is 0 Å². The Labute approximate surface area is 229 Å². The number of nitrogens with one attached hydrogen (secondary N) is 2. The van der Waals surface area contributed by atoms with Gasteiger partial charge in [0.1, 0.15) is 23.7 Å². The van der Waals surface area contributed by atoms with E-state index in [4.69, 9.17) is 37.8 Å². The van der Waals surface area contributed by atoms with Crippen LogP contribution in [0.25, 0.3) is 0 Å². The van der Waals surface area contributed by atoms with E-state index in [1.54, 1.807) is 19.2 Å². The molecule has 0 aromatic heterocycles. The van der Waals surface area contributed by atoms with Gasteiger partial charge in [-0.05, 0) is 82.6 Å². The predicted molar refractivity (Wildman–Crippen MR) is 145 cm³/mol. The zero-order chi connectivity index (χ0) is 27.4. The first kappa shape index (κ1) is 30.6. The van der Waals surface area contributed by atoms with Gasteiger partial charge in [0.15, 0.2) is 5.62 Å². The number of alkyl halides is 1. The Morgan fingerprint density at radius 1 is 1.27 bits per heavy atom. The standard InChI is InChI=1S/C18H22Cl2N2O2.C9H15NO3/c1-13-16(9-10-18(2,3)23-4)21-17(20)22(13)11-12-24-15-7-5-14(19)6-8-15;11-6-10-5-7-1-3-8(4-2-7)9(12)13/h5-8,17,21H,11-12H2,1-4H3;6-8H,1-5H2,(H,10,11)(H,12,13). The molecule has 10 heteroatoms. The Bertz CT molecular complexity index is 980. The number of hydrogen-bond acceptors (Lipinski definition) is 6. The van der Waals surface area contributed by atoms with Gasteiger partial charge in [-0.2, -0.15) is 0 Å². The number of carboxylic acids is 1. The van der Waals surface area contributed by atoms with Crippen LogP contribution in [0.3, 0.4) is 0 Å². The van der Waals surface area contributed by atoms with Crippen LogP contribution in [0.15, 0.2) is 35.7 Å². The number of rotatable bonds is 9. The van der Waals surface area contributed by atoms with Crippen LogP contribution in [0.4, 0.5) is 0 Å². The smallest absolute Gasteiger partial charge is 0.306 e. The molecule has 1 aromatic rings. The predicted octanol–water partition coefficient (Wildman–Crippen LogP) is 4.43. The molecule has 8 nitrogen and oxygen atoms in total. The molecule has 1 heterocycles. The van der Waals surface area contributed by atoms with Gasteiger partial charge >= 0.3 is 5.97 Å². The zero-order valence-electron chi connectivity index (χ0n) is 21.9. The Kier molecular flexibility index (Phi) is 12.4. The minimum atomic E-state index is -0.679. The van der Waals surface area contributed by atoms with Crippen molar-refractivity contribution in [2.75, 3.05) is 26.8 Å². The molecule has 1 aliphatic heterocycles. The molecule has 1 aliphatic carbocycles. The lowest BCUT2D eigenvalue weighted by atomic mass is 9.82. The van der Waals surface area contributed by atoms with Gasteiger partial charge in [0.2, 0.25) is 6.41 Å². The summed E-state index contributed by atoms with van der Waals surface area (Å²) in [6, 6.07) is 7.29. The summed E-state index contributed by atoms with van der Waals surface area (Å²) in [7, 11) is 1.64. The summed E-state index contributed by atoms with van der Waals surface area (Å²) < 4.78 is 11.0. The van der Waals surface area contributed by atoms with Crippen molar-refractivity contribution in [2.24, 2.45) is 11.8 Å². The van der Waals surface area contributed by atoms with Gasteiger partial charge in [0.05, 0.1) is 12.5 Å². The van der Waals surface area contributed by atoms with E-state index in [1.807, 2.05) is 37.8 Å². The van der Waals surface area contributed by atoms with Crippen molar-refractivity contribution in [2.45, 2.75) is 57.7 Å². The molecule has 3 rings (SSSR count). The highest BCUT2D eigenvalue weighted by Gasteiger charge is 2.27. The van der Waals surface area contributed by atoms with Crippen LogP contribution in [0.1, 0.15) is 46.5 Å². The molecule has 3 N–H and O–H groups in total. The maximum Gasteiger partial charge on any atom is 0.306 e. The molecule has 37 heavy (non-hydrogen) atoms. The molecule has 1 aromatic carbocycles. The van der Waals surface area contributed by atoms with E-state index in [-0.39, 0.29) is 11.5 Å². The largest absolute Gasteiger partial charge is 0.492 e. The minimum absolute atomic E-state index is 0.160. The monoisotopic (exact) mass is 553 g/mol. The lowest BCUT2D eigenvalue weighted by Crippen LogP contribution is -2.35. The number of carbonyl (C=O) groups excluding carboxylic acids is 1. The topological polar surface area (TPSA) is 100 Å². The molecule has 0 radical (unpaired) electrons. The van der Waals surface area contributed by atoms with Crippen LogP contribution in [0.2, 0.25) is 5.02 Å². The van der Waals surface area contributed by atoms with Crippen LogP contribution in [0, 0.1) is 23.7 Å². The molecule has 1 amide bonds. The molecular formula is C27H37Cl2N3O5.